The van der Waals surface area contributed by atoms with Gasteiger partial charge in [0.15, 0.2) is 0 Å². The fourth-order valence-electron chi connectivity index (χ4n) is 2.52. The lowest BCUT2D eigenvalue weighted by molar-refractivity contribution is -0.164. The summed E-state index contributed by atoms with van der Waals surface area (Å²) in [6.07, 6.45) is 12.5. The summed E-state index contributed by atoms with van der Waals surface area (Å²) in [4.78, 5) is 6.02. The Morgan fingerprint density at radius 3 is 2.37 bits per heavy atom. The predicted octanol–water partition coefficient (Wildman–Crippen LogP) is 4.65. The van der Waals surface area contributed by atoms with E-state index in [4.69, 9.17) is 4.84 Å². The molecule has 0 amide bonds. The van der Waals surface area contributed by atoms with Crippen LogP contribution in [0.15, 0.2) is 0 Å². The first-order valence-corrected chi connectivity index (χ1v) is 8.65. The summed E-state index contributed by atoms with van der Waals surface area (Å²) in [5, 5.41) is 2.28. The van der Waals surface area contributed by atoms with Gasteiger partial charge in [-0.25, -0.2) is 0 Å². The van der Waals surface area contributed by atoms with E-state index in [2.05, 4.69) is 18.9 Å². The monoisotopic (exact) mass is 267 g/mol. The van der Waals surface area contributed by atoms with Crippen LogP contribution in [0.25, 0.3) is 0 Å². The molecule has 2 heteroatoms. The zero-order chi connectivity index (χ0) is 13.5. The molecular formula is C17H33NO. The summed E-state index contributed by atoms with van der Waals surface area (Å²) < 4.78 is 0. The molecule has 2 aliphatic rings. The average molecular weight is 267 g/mol. The highest BCUT2D eigenvalue weighted by Gasteiger charge is 2.23. The maximum Gasteiger partial charge on any atom is 0.0713 e. The second-order valence-corrected chi connectivity index (χ2v) is 6.91. The van der Waals surface area contributed by atoms with Crippen LogP contribution in [-0.4, -0.2) is 24.8 Å². The fourth-order valence-corrected chi connectivity index (χ4v) is 2.52. The van der Waals surface area contributed by atoms with Gasteiger partial charge in [0.25, 0.3) is 0 Å². The van der Waals surface area contributed by atoms with Gasteiger partial charge in [-0.05, 0) is 56.3 Å². The molecule has 2 aliphatic carbocycles. The minimum atomic E-state index is 0.872. The highest BCUT2D eigenvalue weighted by molar-refractivity contribution is 4.73. The van der Waals surface area contributed by atoms with Gasteiger partial charge in [-0.2, -0.15) is 5.06 Å². The molecule has 0 aromatic heterocycles. The number of rotatable bonds is 12. The quantitative estimate of drug-likeness (QED) is 0.477. The zero-order valence-electron chi connectivity index (χ0n) is 13.1. The van der Waals surface area contributed by atoms with E-state index in [1.165, 1.54) is 57.8 Å². The van der Waals surface area contributed by atoms with Gasteiger partial charge in [-0.1, -0.05) is 33.1 Å². The molecule has 0 aliphatic heterocycles. The number of hydroxylamine groups is 2. The lowest BCUT2D eigenvalue weighted by Crippen LogP contribution is -2.28. The van der Waals surface area contributed by atoms with E-state index in [9.17, 15) is 0 Å². The van der Waals surface area contributed by atoms with Crippen LogP contribution in [0.1, 0.15) is 71.6 Å². The minimum Gasteiger partial charge on any atom is -0.299 e. The van der Waals surface area contributed by atoms with E-state index in [0.29, 0.717) is 0 Å². The molecule has 2 nitrogen and oxygen atoms in total. The van der Waals surface area contributed by atoms with E-state index in [0.717, 1.165) is 37.5 Å². The standard InChI is InChI=1S/C17H33NO/c1-3-15(2)6-4-12-18(19-14-17-10-11-17)13-5-7-16-8-9-16/h15-17H,3-14H2,1-2H3/t15-/m1/s1. The summed E-state index contributed by atoms with van der Waals surface area (Å²) in [6, 6.07) is 0. The number of hydrogen-bond acceptors (Lipinski definition) is 2. The summed E-state index contributed by atoms with van der Waals surface area (Å²) in [6.45, 7) is 7.93. The second-order valence-electron chi connectivity index (χ2n) is 6.91. The van der Waals surface area contributed by atoms with Crippen molar-refractivity contribution in [3.8, 4) is 0 Å². The van der Waals surface area contributed by atoms with Gasteiger partial charge in [0.05, 0.1) is 6.61 Å². The van der Waals surface area contributed by atoms with Crippen LogP contribution in [-0.2, 0) is 4.84 Å². The molecule has 0 spiro atoms. The molecule has 0 saturated heterocycles. The summed E-state index contributed by atoms with van der Waals surface area (Å²) in [7, 11) is 0. The van der Waals surface area contributed by atoms with Crippen molar-refractivity contribution >= 4 is 0 Å². The van der Waals surface area contributed by atoms with Crippen molar-refractivity contribution in [3.63, 3.8) is 0 Å². The Labute approximate surface area is 119 Å². The molecule has 0 N–H and O–H groups in total. The molecular weight excluding hydrogens is 234 g/mol. The first-order chi connectivity index (χ1) is 9.28. The summed E-state index contributed by atoms with van der Waals surface area (Å²) in [5.41, 5.74) is 0. The molecule has 2 fully saturated rings. The second kappa shape index (κ2) is 8.26. The smallest absolute Gasteiger partial charge is 0.0713 e. The maximum absolute atomic E-state index is 6.02. The zero-order valence-corrected chi connectivity index (χ0v) is 13.1. The third-order valence-electron chi connectivity index (χ3n) is 4.71. The highest BCUT2D eigenvalue weighted by Crippen LogP contribution is 2.33. The molecule has 0 heterocycles. The molecule has 0 radical (unpaired) electrons. The Morgan fingerprint density at radius 2 is 1.74 bits per heavy atom. The highest BCUT2D eigenvalue weighted by atomic mass is 16.7. The van der Waals surface area contributed by atoms with Crippen molar-refractivity contribution in [1.29, 1.82) is 0 Å². The number of hydrogen-bond donors (Lipinski definition) is 0. The van der Waals surface area contributed by atoms with Crippen LogP contribution in [0.3, 0.4) is 0 Å². The van der Waals surface area contributed by atoms with Gasteiger partial charge in [-0.15, -0.1) is 0 Å². The van der Waals surface area contributed by atoms with E-state index < -0.39 is 0 Å². The molecule has 0 aromatic carbocycles. The summed E-state index contributed by atoms with van der Waals surface area (Å²) >= 11 is 0. The predicted molar refractivity (Wildman–Crippen MR) is 80.9 cm³/mol. The van der Waals surface area contributed by atoms with Crippen molar-refractivity contribution in [3.05, 3.63) is 0 Å². The Kier molecular flexibility index (Phi) is 6.66. The minimum absolute atomic E-state index is 0.872. The lowest BCUT2D eigenvalue weighted by Gasteiger charge is -2.22. The van der Waals surface area contributed by atoms with Crippen LogP contribution < -0.4 is 0 Å². The third kappa shape index (κ3) is 7.31. The van der Waals surface area contributed by atoms with Gasteiger partial charge < -0.3 is 0 Å². The van der Waals surface area contributed by atoms with E-state index >= 15 is 0 Å². The van der Waals surface area contributed by atoms with E-state index in [-0.39, 0.29) is 0 Å². The first kappa shape index (κ1) is 15.3. The normalized spacial score (nSPS) is 21.0. The van der Waals surface area contributed by atoms with Crippen molar-refractivity contribution < 1.29 is 4.84 Å². The molecule has 0 unspecified atom stereocenters. The molecule has 0 bridgehead atoms. The van der Waals surface area contributed by atoms with Gasteiger partial charge >= 0.3 is 0 Å². The molecule has 2 saturated carbocycles. The Bertz CT molecular complexity index is 235. The van der Waals surface area contributed by atoms with Gasteiger partial charge in [0, 0.05) is 13.1 Å². The number of nitrogens with zero attached hydrogens (tertiary/aromatic N) is 1. The SMILES string of the molecule is CC[C@@H](C)CCCN(CCCC1CC1)OCC1CC1. The van der Waals surface area contributed by atoms with Crippen LogP contribution in [0.5, 0.6) is 0 Å². The maximum atomic E-state index is 6.02. The van der Waals surface area contributed by atoms with Gasteiger partial charge in [0.2, 0.25) is 0 Å². The van der Waals surface area contributed by atoms with Gasteiger partial charge in [0.1, 0.15) is 0 Å². The van der Waals surface area contributed by atoms with Gasteiger partial charge in [-0.3, -0.25) is 4.84 Å². The van der Waals surface area contributed by atoms with E-state index in [1.54, 1.807) is 0 Å². The molecule has 0 aromatic rings. The van der Waals surface area contributed by atoms with Crippen molar-refractivity contribution in [2.45, 2.75) is 71.6 Å². The average Bonchev–Trinajstić information content (AvgIpc) is 3.27. The van der Waals surface area contributed by atoms with E-state index in [1.807, 2.05) is 0 Å². The topological polar surface area (TPSA) is 12.5 Å². The first-order valence-electron chi connectivity index (χ1n) is 8.65. The van der Waals surface area contributed by atoms with Crippen LogP contribution >= 0.6 is 0 Å². The molecule has 1 atom stereocenters. The lowest BCUT2D eigenvalue weighted by atomic mass is 10.0. The van der Waals surface area contributed by atoms with Crippen molar-refractivity contribution in [1.82, 2.24) is 5.06 Å². The van der Waals surface area contributed by atoms with Crippen LogP contribution in [0.2, 0.25) is 0 Å². The van der Waals surface area contributed by atoms with Crippen molar-refractivity contribution in [2.24, 2.45) is 17.8 Å². The Balaban J connectivity index is 1.56. The van der Waals surface area contributed by atoms with Crippen molar-refractivity contribution in [2.75, 3.05) is 19.7 Å². The fraction of sp³-hybridized carbons (Fsp3) is 1.00. The molecule has 19 heavy (non-hydrogen) atoms. The molecule has 112 valence electrons. The van der Waals surface area contributed by atoms with Crippen LogP contribution in [0.4, 0.5) is 0 Å². The summed E-state index contributed by atoms with van der Waals surface area (Å²) in [5.74, 6) is 2.81. The molecule has 2 rings (SSSR count). The third-order valence-corrected chi connectivity index (χ3v) is 4.71. The Morgan fingerprint density at radius 1 is 1.05 bits per heavy atom. The van der Waals surface area contributed by atoms with Crippen LogP contribution in [0, 0.1) is 17.8 Å². The Hall–Kier alpha value is -0.0800. The largest absolute Gasteiger partial charge is 0.299 e.